The van der Waals surface area contributed by atoms with Crippen molar-refractivity contribution in [1.29, 1.82) is 0 Å². The van der Waals surface area contributed by atoms with Crippen LogP contribution in [0.25, 0.3) is 0 Å². The Bertz CT molecular complexity index is 439. The SMILES string of the molecule is O=C(O)c1cc(NS(=O)O)c(Cl)cc1F. The highest BCUT2D eigenvalue weighted by molar-refractivity contribution is 7.80. The highest BCUT2D eigenvalue weighted by atomic mass is 35.5. The van der Waals surface area contributed by atoms with Gasteiger partial charge >= 0.3 is 5.97 Å². The smallest absolute Gasteiger partial charge is 0.338 e. The number of anilines is 1. The fourth-order valence-electron chi connectivity index (χ4n) is 0.885. The number of hydrogen-bond acceptors (Lipinski definition) is 2. The molecular formula is C7H5ClFNO4S. The summed E-state index contributed by atoms with van der Waals surface area (Å²) in [5.74, 6) is -2.50. The Morgan fingerprint density at radius 3 is 2.60 bits per heavy atom. The molecule has 0 saturated carbocycles. The highest BCUT2D eigenvalue weighted by Gasteiger charge is 2.14. The van der Waals surface area contributed by atoms with Gasteiger partial charge in [-0.2, -0.15) is 0 Å². The molecule has 5 nitrogen and oxygen atoms in total. The zero-order valence-corrected chi connectivity index (χ0v) is 8.60. The maximum Gasteiger partial charge on any atom is 0.338 e. The van der Waals surface area contributed by atoms with E-state index in [1.54, 1.807) is 0 Å². The molecule has 0 aromatic heterocycles. The quantitative estimate of drug-likeness (QED) is 0.716. The van der Waals surface area contributed by atoms with Crippen LogP contribution >= 0.6 is 11.6 Å². The molecule has 0 heterocycles. The van der Waals surface area contributed by atoms with Crippen LogP contribution in [0.4, 0.5) is 10.1 Å². The topological polar surface area (TPSA) is 86.6 Å². The Balaban J connectivity index is 3.23. The standard InChI is InChI=1S/C7H5ClFNO4S/c8-4-2-5(9)3(7(11)12)1-6(4)10-15(13)14/h1-2,10H,(H,11,12)(H,13,14). The minimum Gasteiger partial charge on any atom is -0.478 e. The average molecular weight is 254 g/mol. The number of halogens is 2. The molecule has 82 valence electrons. The first-order valence-electron chi connectivity index (χ1n) is 3.51. The van der Waals surface area contributed by atoms with Crippen molar-refractivity contribution in [2.75, 3.05) is 4.72 Å². The summed E-state index contributed by atoms with van der Waals surface area (Å²) in [5.41, 5.74) is -0.761. The number of rotatable bonds is 3. The zero-order chi connectivity index (χ0) is 11.6. The Labute approximate surface area is 91.3 Å². The third-order valence-corrected chi connectivity index (χ3v) is 2.19. The molecule has 3 N–H and O–H groups in total. The van der Waals surface area contributed by atoms with E-state index in [0.29, 0.717) is 0 Å². The molecule has 0 amide bonds. The number of aromatic carboxylic acids is 1. The van der Waals surface area contributed by atoms with Crippen LogP contribution in [-0.2, 0) is 11.3 Å². The van der Waals surface area contributed by atoms with Crippen molar-refractivity contribution in [2.24, 2.45) is 0 Å². The van der Waals surface area contributed by atoms with Crippen LogP contribution in [0, 0.1) is 5.82 Å². The molecule has 0 aliphatic rings. The molecular weight excluding hydrogens is 249 g/mol. The second kappa shape index (κ2) is 4.56. The first-order valence-corrected chi connectivity index (χ1v) is 5.00. The Morgan fingerprint density at radius 2 is 2.13 bits per heavy atom. The van der Waals surface area contributed by atoms with Gasteiger partial charge in [0.15, 0.2) is 0 Å². The summed E-state index contributed by atoms with van der Waals surface area (Å²) in [6.07, 6.45) is 0. The van der Waals surface area contributed by atoms with Crippen molar-refractivity contribution in [3.63, 3.8) is 0 Å². The van der Waals surface area contributed by atoms with E-state index in [1.807, 2.05) is 4.72 Å². The van der Waals surface area contributed by atoms with E-state index in [0.717, 1.165) is 12.1 Å². The van der Waals surface area contributed by atoms with E-state index in [4.69, 9.17) is 21.3 Å². The molecule has 15 heavy (non-hydrogen) atoms. The molecule has 1 unspecified atom stereocenters. The molecule has 1 atom stereocenters. The fraction of sp³-hybridized carbons (Fsp3) is 0. The third-order valence-electron chi connectivity index (χ3n) is 1.48. The van der Waals surface area contributed by atoms with Crippen LogP contribution in [0.3, 0.4) is 0 Å². The van der Waals surface area contributed by atoms with E-state index < -0.39 is 28.6 Å². The number of carboxylic acid groups (broad SMARTS) is 1. The summed E-state index contributed by atoms with van der Waals surface area (Å²) < 4.78 is 33.8. The molecule has 8 heteroatoms. The lowest BCUT2D eigenvalue weighted by Crippen LogP contribution is -2.06. The minimum absolute atomic E-state index is 0.128. The molecule has 1 rings (SSSR count). The van der Waals surface area contributed by atoms with Gasteiger partial charge in [0.2, 0.25) is 0 Å². The summed E-state index contributed by atoms with van der Waals surface area (Å²) >= 11 is 3.10. The molecule has 1 aromatic carbocycles. The van der Waals surface area contributed by atoms with Gasteiger partial charge in [-0.25, -0.2) is 13.4 Å². The van der Waals surface area contributed by atoms with Gasteiger partial charge in [-0.3, -0.25) is 9.27 Å². The second-order valence-electron chi connectivity index (χ2n) is 2.47. The van der Waals surface area contributed by atoms with Crippen LogP contribution < -0.4 is 4.72 Å². The molecule has 0 bridgehead atoms. The fourth-order valence-corrected chi connectivity index (χ4v) is 1.50. The van der Waals surface area contributed by atoms with E-state index in [2.05, 4.69) is 0 Å². The van der Waals surface area contributed by atoms with E-state index in [1.165, 1.54) is 0 Å². The minimum atomic E-state index is -2.40. The van der Waals surface area contributed by atoms with E-state index in [9.17, 15) is 13.4 Å². The van der Waals surface area contributed by atoms with Crippen molar-refractivity contribution < 1.29 is 23.1 Å². The third kappa shape index (κ3) is 2.88. The molecule has 0 spiro atoms. The van der Waals surface area contributed by atoms with Crippen molar-refractivity contribution in [3.8, 4) is 0 Å². The van der Waals surface area contributed by atoms with Gasteiger partial charge in [0.05, 0.1) is 16.3 Å². The van der Waals surface area contributed by atoms with Crippen molar-refractivity contribution in [3.05, 3.63) is 28.5 Å². The maximum absolute atomic E-state index is 13.0. The van der Waals surface area contributed by atoms with Crippen LogP contribution in [0.1, 0.15) is 10.4 Å². The first kappa shape index (κ1) is 11.9. The summed E-state index contributed by atoms with van der Waals surface area (Å²) in [6.45, 7) is 0. The van der Waals surface area contributed by atoms with Crippen LogP contribution in [0.2, 0.25) is 5.02 Å². The summed E-state index contributed by atoms with van der Waals surface area (Å²) in [4.78, 5) is 10.5. The Morgan fingerprint density at radius 1 is 1.53 bits per heavy atom. The monoisotopic (exact) mass is 253 g/mol. The predicted octanol–water partition coefficient (Wildman–Crippen LogP) is 1.73. The number of carbonyl (C=O) groups is 1. The Kier molecular flexibility index (Phi) is 3.61. The van der Waals surface area contributed by atoms with Gasteiger partial charge in [-0.15, -0.1) is 0 Å². The van der Waals surface area contributed by atoms with Gasteiger partial charge in [0.25, 0.3) is 11.3 Å². The predicted molar refractivity (Wildman–Crippen MR) is 52.8 cm³/mol. The first-order chi connectivity index (χ1) is 6.91. The van der Waals surface area contributed by atoms with E-state index >= 15 is 0 Å². The number of benzene rings is 1. The van der Waals surface area contributed by atoms with Gasteiger partial charge in [-0.05, 0) is 12.1 Å². The van der Waals surface area contributed by atoms with Gasteiger partial charge < -0.3 is 5.11 Å². The molecule has 0 aliphatic heterocycles. The lowest BCUT2D eigenvalue weighted by atomic mass is 10.2. The summed E-state index contributed by atoms with van der Waals surface area (Å²) in [5, 5.41) is 8.39. The second-order valence-corrected chi connectivity index (χ2v) is 3.58. The largest absolute Gasteiger partial charge is 0.478 e. The lowest BCUT2D eigenvalue weighted by molar-refractivity contribution is 0.0692. The zero-order valence-electron chi connectivity index (χ0n) is 7.03. The van der Waals surface area contributed by atoms with Crippen molar-refractivity contribution in [1.82, 2.24) is 0 Å². The number of nitrogens with one attached hydrogen (secondary N) is 1. The molecule has 0 saturated heterocycles. The van der Waals surface area contributed by atoms with E-state index in [-0.39, 0.29) is 10.7 Å². The van der Waals surface area contributed by atoms with Gasteiger partial charge in [-0.1, -0.05) is 11.6 Å². The van der Waals surface area contributed by atoms with Gasteiger partial charge in [0, 0.05) is 0 Å². The number of carboxylic acids is 1. The van der Waals surface area contributed by atoms with Crippen molar-refractivity contribution in [2.45, 2.75) is 0 Å². The van der Waals surface area contributed by atoms with Crippen LogP contribution in [0.5, 0.6) is 0 Å². The van der Waals surface area contributed by atoms with Crippen LogP contribution in [-0.4, -0.2) is 19.8 Å². The molecule has 1 aromatic rings. The van der Waals surface area contributed by atoms with Crippen molar-refractivity contribution >= 4 is 34.5 Å². The van der Waals surface area contributed by atoms with Gasteiger partial charge in [0.1, 0.15) is 5.82 Å². The highest BCUT2D eigenvalue weighted by Crippen LogP contribution is 2.25. The summed E-state index contributed by atoms with van der Waals surface area (Å²) in [7, 11) is 0. The summed E-state index contributed by atoms with van der Waals surface area (Å²) in [6, 6.07) is 1.59. The van der Waals surface area contributed by atoms with Crippen LogP contribution in [0.15, 0.2) is 12.1 Å². The maximum atomic E-state index is 13.0. The molecule has 0 radical (unpaired) electrons. The molecule has 0 aliphatic carbocycles. The Hall–Kier alpha value is -1.18. The lowest BCUT2D eigenvalue weighted by Gasteiger charge is -2.06. The normalized spacial score (nSPS) is 12.2. The average Bonchev–Trinajstić information content (AvgIpc) is 2.08. The number of hydrogen-bond donors (Lipinski definition) is 3. The molecule has 0 fully saturated rings.